The van der Waals surface area contributed by atoms with Crippen LogP contribution in [0.4, 0.5) is 5.69 Å². The summed E-state index contributed by atoms with van der Waals surface area (Å²) in [5.41, 5.74) is 7.83. The second-order valence-corrected chi connectivity index (χ2v) is 4.77. The van der Waals surface area contributed by atoms with Crippen molar-refractivity contribution in [1.82, 2.24) is 0 Å². The average Bonchev–Trinajstić information content (AvgIpc) is 2.47. The Kier molecular flexibility index (Phi) is 4.66. The van der Waals surface area contributed by atoms with Crippen LogP contribution in [0.25, 0.3) is 0 Å². The zero-order chi connectivity index (χ0) is 15.2. The van der Waals surface area contributed by atoms with E-state index < -0.39 is 5.91 Å². The summed E-state index contributed by atoms with van der Waals surface area (Å²) in [5, 5.41) is 13.0. The number of phenols is 1. The lowest BCUT2D eigenvalue weighted by Crippen LogP contribution is -2.19. The lowest BCUT2D eigenvalue weighted by atomic mass is 10.1. The summed E-state index contributed by atoms with van der Waals surface area (Å²) >= 11 is 0. The van der Waals surface area contributed by atoms with Gasteiger partial charge in [0.25, 0.3) is 5.91 Å². The molecule has 2 aromatic rings. The van der Waals surface area contributed by atoms with E-state index in [1.807, 2.05) is 31.2 Å². The van der Waals surface area contributed by atoms with Crippen molar-refractivity contribution in [3.05, 3.63) is 53.6 Å². The predicted molar refractivity (Wildman–Crippen MR) is 81.3 cm³/mol. The first kappa shape index (κ1) is 14.7. The van der Waals surface area contributed by atoms with Crippen molar-refractivity contribution in [2.45, 2.75) is 13.5 Å². The first-order valence-corrected chi connectivity index (χ1v) is 6.58. The van der Waals surface area contributed by atoms with Crippen LogP contribution in [0.1, 0.15) is 11.1 Å². The number of amides is 1. The molecule has 4 N–H and O–H groups in total. The molecule has 1 amide bonds. The Morgan fingerprint density at radius 1 is 1.24 bits per heavy atom. The summed E-state index contributed by atoms with van der Waals surface area (Å²) in [7, 11) is 0. The Morgan fingerprint density at radius 2 is 1.95 bits per heavy atom. The number of hydrogen-bond donors (Lipinski definition) is 3. The largest absolute Gasteiger partial charge is 0.508 e. The van der Waals surface area contributed by atoms with E-state index in [4.69, 9.17) is 10.5 Å². The monoisotopic (exact) mass is 286 g/mol. The molecule has 0 aliphatic rings. The molecule has 21 heavy (non-hydrogen) atoms. The lowest BCUT2D eigenvalue weighted by Gasteiger charge is -2.10. The fraction of sp³-hybridized carbons (Fsp3) is 0.188. The Bertz CT molecular complexity index is 624. The van der Waals surface area contributed by atoms with Gasteiger partial charge in [0.15, 0.2) is 6.61 Å². The highest BCUT2D eigenvalue weighted by atomic mass is 16.5. The number of benzene rings is 2. The molecule has 0 heterocycles. The summed E-state index contributed by atoms with van der Waals surface area (Å²) in [6.45, 7) is 2.37. The third kappa shape index (κ3) is 4.42. The highest BCUT2D eigenvalue weighted by Crippen LogP contribution is 2.21. The third-order valence-electron chi connectivity index (χ3n) is 2.95. The van der Waals surface area contributed by atoms with Crippen molar-refractivity contribution in [3.8, 4) is 11.5 Å². The fourth-order valence-electron chi connectivity index (χ4n) is 1.88. The maximum absolute atomic E-state index is 10.6. The normalized spacial score (nSPS) is 10.1. The standard InChI is InChI=1S/C16H18N2O3/c1-11-2-7-15(19)12(8-11)9-18-13-3-5-14(6-4-13)21-10-16(17)20/h2-8,18-19H,9-10H2,1H3,(H2,17,20). The molecule has 0 aliphatic heterocycles. The fourth-order valence-corrected chi connectivity index (χ4v) is 1.88. The lowest BCUT2D eigenvalue weighted by molar-refractivity contribution is -0.119. The van der Waals surface area contributed by atoms with Crippen molar-refractivity contribution in [3.63, 3.8) is 0 Å². The molecule has 0 spiro atoms. The SMILES string of the molecule is Cc1ccc(O)c(CNc2ccc(OCC(N)=O)cc2)c1. The molecule has 0 fully saturated rings. The Hall–Kier alpha value is -2.69. The van der Waals surface area contributed by atoms with Crippen molar-refractivity contribution in [2.75, 3.05) is 11.9 Å². The van der Waals surface area contributed by atoms with Crippen LogP contribution in [-0.4, -0.2) is 17.6 Å². The number of nitrogens with two attached hydrogens (primary N) is 1. The van der Waals surface area contributed by atoms with Crippen molar-refractivity contribution in [1.29, 1.82) is 0 Å². The number of rotatable bonds is 6. The number of ether oxygens (including phenoxy) is 1. The van der Waals surface area contributed by atoms with Crippen LogP contribution in [0.3, 0.4) is 0 Å². The molecule has 0 atom stereocenters. The molecule has 0 aromatic heterocycles. The van der Waals surface area contributed by atoms with Crippen LogP contribution in [0, 0.1) is 6.92 Å². The molecule has 5 nitrogen and oxygen atoms in total. The maximum Gasteiger partial charge on any atom is 0.255 e. The average molecular weight is 286 g/mol. The van der Waals surface area contributed by atoms with Crippen LogP contribution in [0.2, 0.25) is 0 Å². The van der Waals surface area contributed by atoms with E-state index in [-0.39, 0.29) is 12.4 Å². The number of nitrogens with one attached hydrogen (secondary N) is 1. The first-order valence-electron chi connectivity index (χ1n) is 6.58. The van der Waals surface area contributed by atoms with Gasteiger partial charge in [-0.1, -0.05) is 17.7 Å². The van der Waals surface area contributed by atoms with Crippen molar-refractivity contribution >= 4 is 11.6 Å². The summed E-state index contributed by atoms with van der Waals surface area (Å²) < 4.78 is 5.18. The second kappa shape index (κ2) is 6.65. The van der Waals surface area contributed by atoms with Crippen LogP contribution in [0.5, 0.6) is 11.5 Å². The molecular weight excluding hydrogens is 268 g/mol. The van der Waals surface area contributed by atoms with E-state index >= 15 is 0 Å². The van der Waals surface area contributed by atoms with Gasteiger partial charge < -0.3 is 20.9 Å². The number of aryl methyl sites for hydroxylation is 1. The summed E-state index contributed by atoms with van der Waals surface area (Å²) in [6, 6.07) is 12.7. The molecule has 0 saturated carbocycles. The molecule has 0 saturated heterocycles. The van der Waals surface area contributed by atoms with Gasteiger partial charge in [0.05, 0.1) is 0 Å². The Labute approximate surface area is 123 Å². The zero-order valence-electron chi connectivity index (χ0n) is 11.8. The first-order chi connectivity index (χ1) is 10.0. The molecule has 0 aliphatic carbocycles. The maximum atomic E-state index is 10.6. The zero-order valence-corrected chi connectivity index (χ0v) is 11.8. The van der Waals surface area contributed by atoms with E-state index in [0.717, 1.165) is 16.8 Å². The number of anilines is 1. The summed E-state index contributed by atoms with van der Waals surface area (Å²) in [5.74, 6) is 0.347. The van der Waals surface area contributed by atoms with Gasteiger partial charge in [-0.25, -0.2) is 0 Å². The van der Waals surface area contributed by atoms with Crippen molar-refractivity contribution in [2.24, 2.45) is 5.73 Å². The molecule has 0 unspecified atom stereocenters. The third-order valence-corrected chi connectivity index (χ3v) is 2.95. The summed E-state index contributed by atoms with van der Waals surface area (Å²) in [4.78, 5) is 10.6. The molecule has 2 aromatic carbocycles. The van der Waals surface area contributed by atoms with Gasteiger partial charge in [-0.2, -0.15) is 0 Å². The minimum atomic E-state index is -0.507. The van der Waals surface area contributed by atoms with Gasteiger partial charge >= 0.3 is 0 Å². The van der Waals surface area contributed by atoms with Gasteiger partial charge in [-0.15, -0.1) is 0 Å². The number of hydrogen-bond acceptors (Lipinski definition) is 4. The highest BCUT2D eigenvalue weighted by molar-refractivity contribution is 5.75. The minimum Gasteiger partial charge on any atom is -0.508 e. The molecule has 0 radical (unpaired) electrons. The summed E-state index contributed by atoms with van der Waals surface area (Å²) in [6.07, 6.45) is 0. The Balaban J connectivity index is 1.94. The number of aromatic hydroxyl groups is 1. The quantitative estimate of drug-likeness (QED) is 0.760. The van der Waals surface area contributed by atoms with Gasteiger partial charge in [0.2, 0.25) is 0 Å². The predicted octanol–water partition coefficient (Wildman–Crippen LogP) is 2.18. The van der Waals surface area contributed by atoms with Gasteiger partial charge in [0, 0.05) is 17.8 Å². The van der Waals surface area contributed by atoms with Gasteiger partial charge in [0.1, 0.15) is 11.5 Å². The van der Waals surface area contributed by atoms with Crippen molar-refractivity contribution < 1.29 is 14.6 Å². The molecule has 110 valence electrons. The van der Waals surface area contributed by atoms with Gasteiger partial charge in [-0.3, -0.25) is 4.79 Å². The highest BCUT2D eigenvalue weighted by Gasteiger charge is 2.02. The Morgan fingerprint density at radius 3 is 2.62 bits per heavy atom. The topological polar surface area (TPSA) is 84.6 Å². The van der Waals surface area contributed by atoms with Gasteiger partial charge in [-0.05, 0) is 37.3 Å². The van der Waals surface area contributed by atoms with E-state index in [1.54, 1.807) is 18.2 Å². The number of carbonyl (C=O) groups excluding carboxylic acids is 1. The van der Waals surface area contributed by atoms with E-state index in [9.17, 15) is 9.90 Å². The molecule has 0 bridgehead atoms. The van der Waals surface area contributed by atoms with E-state index in [0.29, 0.717) is 12.3 Å². The molecular formula is C16H18N2O3. The van der Waals surface area contributed by atoms with Crippen LogP contribution < -0.4 is 15.8 Å². The van der Waals surface area contributed by atoms with Crippen LogP contribution >= 0.6 is 0 Å². The van der Waals surface area contributed by atoms with Crippen LogP contribution in [-0.2, 0) is 11.3 Å². The molecule has 2 rings (SSSR count). The molecule has 5 heteroatoms. The van der Waals surface area contributed by atoms with Crippen LogP contribution in [0.15, 0.2) is 42.5 Å². The number of carbonyl (C=O) groups is 1. The second-order valence-electron chi connectivity index (χ2n) is 4.77. The van der Waals surface area contributed by atoms with E-state index in [1.165, 1.54) is 0 Å². The van der Waals surface area contributed by atoms with E-state index in [2.05, 4.69) is 5.32 Å². The number of primary amides is 1. The smallest absolute Gasteiger partial charge is 0.255 e. The number of phenolic OH excluding ortho intramolecular Hbond substituents is 1. The minimum absolute atomic E-state index is 0.135.